The molecule has 1 aromatic rings. The summed E-state index contributed by atoms with van der Waals surface area (Å²) in [6.07, 6.45) is 3.50. The summed E-state index contributed by atoms with van der Waals surface area (Å²) in [4.78, 5) is 23.3. The Morgan fingerprint density at radius 1 is 1.10 bits per heavy atom. The molecular weight excluding hydrogens is 497 g/mol. The molecule has 2 saturated heterocycles. The van der Waals surface area contributed by atoms with Gasteiger partial charge in [0.25, 0.3) is 0 Å². The molecule has 0 unspecified atom stereocenters. The molecule has 9 heteroatoms. The van der Waals surface area contributed by atoms with E-state index in [4.69, 9.17) is 4.74 Å². The maximum atomic E-state index is 12.5. The van der Waals surface area contributed by atoms with Crippen LogP contribution in [0.25, 0.3) is 0 Å². The molecule has 2 aliphatic heterocycles. The number of phenols is 1. The third-order valence-electron chi connectivity index (χ3n) is 5.67. The summed E-state index contributed by atoms with van der Waals surface area (Å²) in [5.74, 6) is 2.00. The van der Waals surface area contributed by atoms with Crippen LogP contribution in [0.5, 0.6) is 11.5 Å². The highest BCUT2D eigenvalue weighted by molar-refractivity contribution is 14.0. The molecule has 2 N–H and O–H groups in total. The first-order valence-corrected chi connectivity index (χ1v) is 10.4. The Balaban J connectivity index is 0.00000320. The highest BCUT2D eigenvalue weighted by Crippen LogP contribution is 2.22. The molecule has 1 amide bonds. The summed E-state index contributed by atoms with van der Waals surface area (Å²) in [7, 11) is 3.37. The molecule has 0 atom stereocenters. The number of benzene rings is 1. The van der Waals surface area contributed by atoms with Crippen molar-refractivity contribution < 1.29 is 14.6 Å². The number of likely N-dealkylation sites (tertiary alicyclic amines) is 1. The Bertz CT molecular complexity index is 717. The fourth-order valence-corrected chi connectivity index (χ4v) is 3.89. The topological polar surface area (TPSA) is 80.6 Å². The first-order chi connectivity index (χ1) is 14.1. The number of rotatable bonds is 5. The van der Waals surface area contributed by atoms with Crippen LogP contribution >= 0.6 is 24.0 Å². The number of nitrogens with zero attached hydrogens (tertiary/aromatic N) is 4. The van der Waals surface area contributed by atoms with Crippen LogP contribution in [-0.2, 0) is 11.3 Å². The predicted molar refractivity (Wildman–Crippen MR) is 129 cm³/mol. The number of piperazine rings is 1. The number of aromatic hydroxyl groups is 1. The lowest BCUT2D eigenvalue weighted by Crippen LogP contribution is -2.54. The van der Waals surface area contributed by atoms with Crippen molar-refractivity contribution in [2.75, 3.05) is 60.0 Å². The van der Waals surface area contributed by atoms with Gasteiger partial charge in [-0.1, -0.05) is 0 Å². The third-order valence-corrected chi connectivity index (χ3v) is 5.67. The number of phenolic OH excluding ortho intramolecular Hbond substituents is 1. The van der Waals surface area contributed by atoms with E-state index in [1.54, 1.807) is 26.3 Å². The van der Waals surface area contributed by atoms with E-state index in [0.29, 0.717) is 18.8 Å². The summed E-state index contributed by atoms with van der Waals surface area (Å²) in [6.45, 7) is 6.10. The van der Waals surface area contributed by atoms with Gasteiger partial charge in [0, 0.05) is 58.4 Å². The number of carbonyl (C=O) groups excluding carboxylic acids is 1. The van der Waals surface area contributed by atoms with Crippen molar-refractivity contribution in [1.82, 2.24) is 20.0 Å². The van der Waals surface area contributed by atoms with Crippen molar-refractivity contribution >= 4 is 35.8 Å². The van der Waals surface area contributed by atoms with Gasteiger partial charge in [-0.25, -0.2) is 0 Å². The first kappa shape index (κ1) is 24.5. The molecule has 1 aromatic carbocycles. The van der Waals surface area contributed by atoms with Crippen molar-refractivity contribution in [3.8, 4) is 11.5 Å². The minimum Gasteiger partial charge on any atom is -0.508 e. The van der Waals surface area contributed by atoms with Crippen molar-refractivity contribution in [3.05, 3.63) is 23.8 Å². The molecule has 0 spiro atoms. The molecule has 0 radical (unpaired) electrons. The van der Waals surface area contributed by atoms with Gasteiger partial charge in [0.15, 0.2) is 5.96 Å². The summed E-state index contributed by atoms with van der Waals surface area (Å²) < 4.78 is 5.23. The Morgan fingerprint density at radius 3 is 2.43 bits per heavy atom. The highest BCUT2D eigenvalue weighted by atomic mass is 127. The van der Waals surface area contributed by atoms with Crippen LogP contribution in [0.3, 0.4) is 0 Å². The summed E-state index contributed by atoms with van der Waals surface area (Å²) in [5, 5.41) is 13.4. The zero-order chi connectivity index (χ0) is 20.6. The lowest BCUT2D eigenvalue weighted by atomic mass is 10.1. The van der Waals surface area contributed by atoms with Crippen LogP contribution < -0.4 is 10.1 Å². The molecule has 0 aliphatic carbocycles. The normalized spacial score (nSPS) is 18.0. The number of hydrogen-bond donors (Lipinski definition) is 2. The smallest absolute Gasteiger partial charge is 0.236 e. The first-order valence-electron chi connectivity index (χ1n) is 10.4. The molecule has 2 heterocycles. The van der Waals surface area contributed by atoms with Crippen LogP contribution in [0.15, 0.2) is 23.2 Å². The maximum Gasteiger partial charge on any atom is 0.236 e. The predicted octanol–water partition coefficient (Wildman–Crippen LogP) is 1.72. The summed E-state index contributed by atoms with van der Waals surface area (Å²) in [6, 6.07) is 5.19. The lowest BCUT2D eigenvalue weighted by molar-refractivity contribution is -0.133. The van der Waals surface area contributed by atoms with Gasteiger partial charge >= 0.3 is 0 Å². The van der Waals surface area contributed by atoms with Gasteiger partial charge in [0.05, 0.1) is 13.7 Å². The number of nitrogens with one attached hydrogen (secondary N) is 1. The number of piperidine rings is 1. The SMILES string of the molecule is CN=C(NCc1cc(OC)ccc1O)N1CCN(CC(=O)N2CCCCC2)CC1.I. The Labute approximate surface area is 196 Å². The van der Waals surface area contributed by atoms with Gasteiger partial charge in [-0.2, -0.15) is 0 Å². The van der Waals surface area contributed by atoms with Crippen LogP contribution in [-0.4, -0.2) is 91.6 Å². The standard InChI is InChI=1S/C21H33N5O3.HI/c1-22-21(23-15-17-14-18(29-2)6-7-19(17)27)26-12-10-24(11-13-26)16-20(28)25-8-4-3-5-9-25;/h6-7,14,27H,3-5,8-13,15-16H2,1-2H3,(H,22,23);1H. The van der Waals surface area contributed by atoms with Crippen LogP contribution in [0.2, 0.25) is 0 Å². The van der Waals surface area contributed by atoms with E-state index >= 15 is 0 Å². The molecular formula is C21H34IN5O3. The van der Waals surface area contributed by atoms with Crippen molar-refractivity contribution in [3.63, 3.8) is 0 Å². The van der Waals surface area contributed by atoms with E-state index in [2.05, 4.69) is 20.1 Å². The summed E-state index contributed by atoms with van der Waals surface area (Å²) in [5.41, 5.74) is 0.760. The molecule has 168 valence electrons. The van der Waals surface area contributed by atoms with Gasteiger partial charge in [0.2, 0.25) is 5.91 Å². The van der Waals surface area contributed by atoms with Crippen molar-refractivity contribution in [1.29, 1.82) is 0 Å². The number of halogens is 1. The summed E-state index contributed by atoms with van der Waals surface area (Å²) >= 11 is 0. The Hall–Kier alpha value is -1.75. The zero-order valence-electron chi connectivity index (χ0n) is 18.0. The molecule has 2 fully saturated rings. The molecule has 2 aliphatic rings. The lowest BCUT2D eigenvalue weighted by Gasteiger charge is -2.37. The van der Waals surface area contributed by atoms with E-state index in [0.717, 1.165) is 63.6 Å². The van der Waals surface area contributed by atoms with Crippen molar-refractivity contribution in [2.45, 2.75) is 25.8 Å². The van der Waals surface area contributed by atoms with Gasteiger partial charge in [-0.05, 0) is 37.5 Å². The monoisotopic (exact) mass is 531 g/mol. The minimum absolute atomic E-state index is 0. The van der Waals surface area contributed by atoms with Gasteiger partial charge in [-0.15, -0.1) is 24.0 Å². The van der Waals surface area contributed by atoms with E-state index < -0.39 is 0 Å². The Kier molecular flexibility index (Phi) is 9.96. The second-order valence-corrected chi connectivity index (χ2v) is 7.60. The maximum absolute atomic E-state index is 12.5. The second kappa shape index (κ2) is 12.2. The fourth-order valence-electron chi connectivity index (χ4n) is 3.89. The van der Waals surface area contributed by atoms with E-state index in [1.165, 1.54) is 6.42 Å². The number of hydrogen-bond acceptors (Lipinski definition) is 5. The van der Waals surface area contributed by atoms with E-state index in [-0.39, 0.29) is 35.6 Å². The number of carbonyl (C=O) groups is 1. The average molecular weight is 531 g/mol. The largest absolute Gasteiger partial charge is 0.508 e. The number of methoxy groups -OCH3 is 1. The molecule has 0 aromatic heterocycles. The molecule has 3 rings (SSSR count). The van der Waals surface area contributed by atoms with Gasteiger partial charge < -0.3 is 25.0 Å². The van der Waals surface area contributed by atoms with Crippen LogP contribution in [0.1, 0.15) is 24.8 Å². The average Bonchev–Trinajstić information content (AvgIpc) is 2.77. The van der Waals surface area contributed by atoms with Crippen molar-refractivity contribution in [2.24, 2.45) is 4.99 Å². The quantitative estimate of drug-likeness (QED) is 0.343. The Morgan fingerprint density at radius 2 is 1.80 bits per heavy atom. The number of amides is 1. The van der Waals surface area contributed by atoms with E-state index in [9.17, 15) is 9.90 Å². The zero-order valence-corrected chi connectivity index (χ0v) is 20.3. The van der Waals surface area contributed by atoms with Gasteiger partial charge in [-0.3, -0.25) is 14.7 Å². The molecule has 0 bridgehead atoms. The molecule has 0 saturated carbocycles. The number of ether oxygens (including phenoxy) is 1. The fraction of sp³-hybridized carbons (Fsp3) is 0.619. The number of guanidine groups is 1. The minimum atomic E-state index is 0. The molecule has 8 nitrogen and oxygen atoms in total. The second-order valence-electron chi connectivity index (χ2n) is 7.60. The highest BCUT2D eigenvalue weighted by Gasteiger charge is 2.24. The van der Waals surface area contributed by atoms with Crippen LogP contribution in [0, 0.1) is 0 Å². The van der Waals surface area contributed by atoms with E-state index in [1.807, 2.05) is 11.0 Å². The van der Waals surface area contributed by atoms with Crippen LogP contribution in [0.4, 0.5) is 0 Å². The third kappa shape index (κ3) is 6.63. The number of aliphatic imine (C=N–C) groups is 1. The van der Waals surface area contributed by atoms with Gasteiger partial charge in [0.1, 0.15) is 11.5 Å². The molecule has 30 heavy (non-hydrogen) atoms.